The number of carbonyl (C=O) groups excluding carboxylic acids is 1. The van der Waals surface area contributed by atoms with E-state index in [2.05, 4.69) is 24.2 Å². The summed E-state index contributed by atoms with van der Waals surface area (Å²) in [6, 6.07) is 0. The van der Waals surface area contributed by atoms with Crippen LogP contribution in [-0.4, -0.2) is 12.0 Å². The zero-order valence-corrected chi connectivity index (χ0v) is 6.97. The Morgan fingerprint density at radius 2 is 2.00 bits per heavy atom. The Morgan fingerprint density at radius 3 is 2.30 bits per heavy atom. The van der Waals surface area contributed by atoms with Crippen LogP contribution in [0.3, 0.4) is 0 Å². The Hall–Kier alpha value is -0.570. The van der Waals surface area contributed by atoms with Crippen molar-refractivity contribution in [3.8, 4) is 0 Å². The van der Waals surface area contributed by atoms with E-state index in [1.807, 2.05) is 13.8 Å². The molecule has 0 saturated carbocycles. The molecule has 0 aliphatic rings. The quantitative estimate of drug-likeness (QED) is 0.475. The lowest BCUT2D eigenvalue weighted by Crippen LogP contribution is -2.43. The first-order valence-corrected chi connectivity index (χ1v) is 3.37. The molecular formula is C7H15NO2. The van der Waals surface area contributed by atoms with Crippen molar-refractivity contribution in [3.63, 3.8) is 0 Å². The van der Waals surface area contributed by atoms with Gasteiger partial charge in [0, 0.05) is 0 Å². The molecule has 3 heteroatoms. The van der Waals surface area contributed by atoms with Crippen molar-refractivity contribution < 1.29 is 9.63 Å². The van der Waals surface area contributed by atoms with Gasteiger partial charge in [0.25, 0.3) is 0 Å². The fourth-order valence-corrected chi connectivity index (χ4v) is 0.294. The summed E-state index contributed by atoms with van der Waals surface area (Å²) < 4.78 is 0. The van der Waals surface area contributed by atoms with E-state index < -0.39 is 0 Å². The third-order valence-corrected chi connectivity index (χ3v) is 1.81. The summed E-state index contributed by atoms with van der Waals surface area (Å²) in [7, 11) is 0. The minimum Gasteiger partial charge on any atom is -0.373 e. The van der Waals surface area contributed by atoms with Gasteiger partial charge in [0.05, 0.1) is 5.54 Å². The molecule has 0 heterocycles. The molecule has 0 aromatic carbocycles. The summed E-state index contributed by atoms with van der Waals surface area (Å²) in [4.78, 5) is 14.2. The van der Waals surface area contributed by atoms with E-state index in [4.69, 9.17) is 0 Å². The van der Waals surface area contributed by atoms with E-state index in [1.165, 1.54) is 0 Å². The van der Waals surface area contributed by atoms with Gasteiger partial charge in [0.15, 0.2) is 0 Å². The van der Waals surface area contributed by atoms with Crippen LogP contribution in [0.4, 0.5) is 0 Å². The highest BCUT2D eigenvalue weighted by molar-refractivity contribution is 5.36. The molecule has 0 aromatic rings. The molecule has 0 rings (SSSR count). The molecule has 0 amide bonds. The van der Waals surface area contributed by atoms with Gasteiger partial charge in [-0.25, -0.2) is 0 Å². The first-order valence-electron chi connectivity index (χ1n) is 3.37. The Kier molecular flexibility index (Phi) is 3.36. The van der Waals surface area contributed by atoms with Gasteiger partial charge in [0.1, 0.15) is 0 Å². The standard InChI is InChI=1S/C7H15NO2/c1-6(2)7(3,4)8-10-5-9/h5-6,8H,1-4H3. The Balaban J connectivity index is 3.74. The summed E-state index contributed by atoms with van der Waals surface area (Å²) in [5.74, 6) is 0.424. The second-order valence-electron chi connectivity index (χ2n) is 3.19. The fraction of sp³-hybridized carbons (Fsp3) is 0.857. The second-order valence-corrected chi connectivity index (χ2v) is 3.19. The summed E-state index contributed by atoms with van der Waals surface area (Å²) >= 11 is 0. The molecule has 0 aromatic heterocycles. The molecule has 0 unspecified atom stereocenters. The van der Waals surface area contributed by atoms with E-state index in [1.54, 1.807) is 0 Å². The van der Waals surface area contributed by atoms with Crippen LogP contribution in [0.15, 0.2) is 0 Å². The molecule has 0 saturated heterocycles. The normalized spacial score (nSPS) is 11.7. The maximum atomic E-state index is 9.79. The van der Waals surface area contributed by atoms with Crippen LogP contribution >= 0.6 is 0 Å². The number of carbonyl (C=O) groups is 1. The first-order chi connectivity index (χ1) is 4.50. The van der Waals surface area contributed by atoms with Gasteiger partial charge in [0.2, 0.25) is 0 Å². The van der Waals surface area contributed by atoms with E-state index in [0.29, 0.717) is 12.4 Å². The van der Waals surface area contributed by atoms with Gasteiger partial charge in [-0.05, 0) is 19.8 Å². The van der Waals surface area contributed by atoms with Crippen molar-refractivity contribution >= 4 is 6.47 Å². The van der Waals surface area contributed by atoms with Gasteiger partial charge in [-0.15, -0.1) is 5.48 Å². The predicted octanol–water partition coefficient (Wildman–Crippen LogP) is 1.10. The minimum atomic E-state index is -0.152. The number of rotatable bonds is 4. The molecule has 0 aliphatic carbocycles. The van der Waals surface area contributed by atoms with Crippen LogP contribution in [0.25, 0.3) is 0 Å². The van der Waals surface area contributed by atoms with Crippen molar-refractivity contribution in [3.05, 3.63) is 0 Å². The fourth-order valence-electron chi connectivity index (χ4n) is 0.294. The average molecular weight is 145 g/mol. The van der Waals surface area contributed by atoms with Gasteiger partial charge in [-0.2, -0.15) is 0 Å². The molecule has 1 N–H and O–H groups in total. The minimum absolute atomic E-state index is 0.152. The number of hydroxylamine groups is 1. The van der Waals surface area contributed by atoms with Crippen LogP contribution in [0, 0.1) is 5.92 Å². The van der Waals surface area contributed by atoms with Crippen molar-refractivity contribution in [1.29, 1.82) is 0 Å². The topological polar surface area (TPSA) is 38.3 Å². The molecule has 10 heavy (non-hydrogen) atoms. The van der Waals surface area contributed by atoms with E-state index >= 15 is 0 Å². The molecule has 0 aliphatic heterocycles. The molecule has 60 valence electrons. The maximum absolute atomic E-state index is 9.79. The van der Waals surface area contributed by atoms with Crippen LogP contribution in [0.5, 0.6) is 0 Å². The van der Waals surface area contributed by atoms with Gasteiger partial charge >= 0.3 is 6.47 Å². The zero-order valence-electron chi connectivity index (χ0n) is 6.97. The third kappa shape index (κ3) is 2.82. The van der Waals surface area contributed by atoms with Crippen LogP contribution in [0.2, 0.25) is 0 Å². The largest absolute Gasteiger partial charge is 0.373 e. The van der Waals surface area contributed by atoms with Crippen molar-refractivity contribution in [1.82, 2.24) is 5.48 Å². The smallest absolute Gasteiger partial charge is 0.312 e. The van der Waals surface area contributed by atoms with Gasteiger partial charge in [-0.1, -0.05) is 13.8 Å². The van der Waals surface area contributed by atoms with Gasteiger partial charge in [-0.3, -0.25) is 4.79 Å². The average Bonchev–Trinajstić information content (AvgIpc) is 1.84. The molecule has 0 atom stereocenters. The maximum Gasteiger partial charge on any atom is 0.312 e. The predicted molar refractivity (Wildman–Crippen MR) is 39.2 cm³/mol. The van der Waals surface area contributed by atoms with Crippen molar-refractivity contribution in [2.24, 2.45) is 5.92 Å². The highest BCUT2D eigenvalue weighted by Gasteiger charge is 2.22. The Labute approximate surface area is 61.7 Å². The molecule has 3 nitrogen and oxygen atoms in total. The summed E-state index contributed by atoms with van der Waals surface area (Å²) in [6.45, 7) is 8.45. The molecule has 0 fully saturated rings. The van der Waals surface area contributed by atoms with Gasteiger partial charge < -0.3 is 4.84 Å². The molecule has 0 bridgehead atoms. The zero-order chi connectivity index (χ0) is 8.20. The van der Waals surface area contributed by atoms with Crippen LogP contribution in [-0.2, 0) is 9.63 Å². The van der Waals surface area contributed by atoms with E-state index in [-0.39, 0.29) is 5.54 Å². The first kappa shape index (κ1) is 9.43. The summed E-state index contributed by atoms with van der Waals surface area (Å²) in [5.41, 5.74) is 2.49. The number of hydrogen-bond acceptors (Lipinski definition) is 3. The Morgan fingerprint density at radius 1 is 1.50 bits per heavy atom. The van der Waals surface area contributed by atoms with Crippen LogP contribution in [0.1, 0.15) is 27.7 Å². The Bertz CT molecular complexity index is 110. The SMILES string of the molecule is CC(C)C(C)(C)NOC=O. The van der Waals surface area contributed by atoms with Crippen LogP contribution < -0.4 is 5.48 Å². The molecular weight excluding hydrogens is 130 g/mol. The number of hydrogen-bond donors (Lipinski definition) is 1. The molecule has 0 spiro atoms. The van der Waals surface area contributed by atoms with Crippen molar-refractivity contribution in [2.45, 2.75) is 33.2 Å². The monoisotopic (exact) mass is 145 g/mol. The number of nitrogens with one attached hydrogen (secondary N) is 1. The third-order valence-electron chi connectivity index (χ3n) is 1.81. The summed E-state index contributed by atoms with van der Waals surface area (Å²) in [5, 5.41) is 0. The summed E-state index contributed by atoms with van der Waals surface area (Å²) in [6.07, 6.45) is 0. The highest BCUT2D eigenvalue weighted by atomic mass is 16.7. The lowest BCUT2D eigenvalue weighted by Gasteiger charge is -2.28. The lowest BCUT2D eigenvalue weighted by molar-refractivity contribution is -0.140. The highest BCUT2D eigenvalue weighted by Crippen LogP contribution is 2.14. The van der Waals surface area contributed by atoms with Crippen molar-refractivity contribution in [2.75, 3.05) is 0 Å². The second kappa shape index (κ2) is 3.56. The van der Waals surface area contributed by atoms with E-state index in [9.17, 15) is 4.79 Å². The lowest BCUT2D eigenvalue weighted by atomic mass is 9.92. The van der Waals surface area contributed by atoms with E-state index in [0.717, 1.165) is 0 Å². The molecule has 0 radical (unpaired) electrons.